The van der Waals surface area contributed by atoms with Crippen LogP contribution < -0.4 is 4.74 Å². The van der Waals surface area contributed by atoms with Crippen molar-refractivity contribution in [2.45, 2.75) is 13.0 Å². The molecule has 0 saturated heterocycles. The van der Waals surface area contributed by atoms with Crippen LogP contribution in [0.2, 0.25) is 0 Å². The molecule has 0 unspecified atom stereocenters. The van der Waals surface area contributed by atoms with Gasteiger partial charge in [-0.1, -0.05) is 36.4 Å². The van der Waals surface area contributed by atoms with Gasteiger partial charge in [-0.05, 0) is 43.8 Å². The van der Waals surface area contributed by atoms with Crippen molar-refractivity contribution >= 4 is 17.1 Å². The van der Waals surface area contributed by atoms with Crippen molar-refractivity contribution in [1.29, 1.82) is 0 Å². The molecule has 3 aromatic rings. The first kappa shape index (κ1) is 17.0. The van der Waals surface area contributed by atoms with Crippen molar-refractivity contribution in [3.8, 4) is 5.75 Å². The average molecular weight is 338 g/mol. The lowest BCUT2D eigenvalue weighted by Crippen LogP contribution is -2.15. The number of likely N-dealkylation sites (N-methyl/N-ethyl adjacent to an activating group) is 1. The first-order valence-electron chi connectivity index (χ1n) is 8.25. The number of hydrogen-bond donors (Lipinski definition) is 1. The number of hydrogen-bond acceptors (Lipinski definition) is 4. The second-order valence-electron chi connectivity index (χ2n) is 6.17. The van der Waals surface area contributed by atoms with Gasteiger partial charge in [0.2, 0.25) is 0 Å². The minimum Gasteiger partial charge on any atom is -0.429 e. The molecule has 130 valence electrons. The number of nitrogens with zero attached hydrogens (tertiary/aromatic N) is 1. The molecule has 0 radical (unpaired) electrons. The van der Waals surface area contributed by atoms with Gasteiger partial charge in [0.1, 0.15) is 12.4 Å². The maximum absolute atomic E-state index is 12.1. The van der Waals surface area contributed by atoms with E-state index in [4.69, 9.17) is 9.47 Å². The Morgan fingerprint density at radius 1 is 1.08 bits per heavy atom. The minimum atomic E-state index is -0.698. The van der Waals surface area contributed by atoms with Gasteiger partial charge in [-0.15, -0.1) is 0 Å². The fraction of sp³-hybridized carbons (Fsp3) is 0.250. The van der Waals surface area contributed by atoms with Gasteiger partial charge in [-0.2, -0.15) is 0 Å². The van der Waals surface area contributed by atoms with Gasteiger partial charge in [0.15, 0.2) is 0 Å². The third kappa shape index (κ3) is 4.39. The van der Waals surface area contributed by atoms with E-state index < -0.39 is 6.16 Å². The van der Waals surface area contributed by atoms with Gasteiger partial charge in [0.05, 0.1) is 0 Å². The molecule has 25 heavy (non-hydrogen) atoms. The number of aromatic amines is 1. The van der Waals surface area contributed by atoms with Gasteiger partial charge in [0.25, 0.3) is 0 Å². The quantitative estimate of drug-likeness (QED) is 0.545. The van der Waals surface area contributed by atoms with E-state index in [0.29, 0.717) is 5.75 Å². The Morgan fingerprint density at radius 3 is 2.64 bits per heavy atom. The zero-order valence-corrected chi connectivity index (χ0v) is 14.5. The summed E-state index contributed by atoms with van der Waals surface area (Å²) in [5.74, 6) is 0.519. The highest BCUT2D eigenvalue weighted by atomic mass is 16.7. The lowest BCUT2D eigenvalue weighted by molar-refractivity contribution is 0.0932. The molecule has 0 bridgehead atoms. The third-order valence-corrected chi connectivity index (χ3v) is 3.97. The standard InChI is InChI=1S/C20H22N2O3/c1-22(2)12-11-16-13-21-17-9-6-10-18(19(16)17)25-20(23)24-14-15-7-4-3-5-8-15/h3-10,13,21H,11-12,14H2,1-2H3. The van der Waals surface area contributed by atoms with Gasteiger partial charge >= 0.3 is 6.16 Å². The summed E-state index contributed by atoms with van der Waals surface area (Å²) in [5.41, 5.74) is 2.99. The van der Waals surface area contributed by atoms with E-state index in [1.54, 1.807) is 6.07 Å². The molecule has 0 amide bonds. The largest absolute Gasteiger partial charge is 0.514 e. The van der Waals surface area contributed by atoms with Gasteiger partial charge in [-0.3, -0.25) is 0 Å². The van der Waals surface area contributed by atoms with Crippen LogP contribution in [0.4, 0.5) is 4.79 Å². The van der Waals surface area contributed by atoms with Crippen LogP contribution in [0.5, 0.6) is 5.75 Å². The smallest absolute Gasteiger partial charge is 0.429 e. The molecule has 0 atom stereocenters. The monoisotopic (exact) mass is 338 g/mol. The molecule has 5 nitrogen and oxygen atoms in total. The number of rotatable bonds is 6. The number of carbonyl (C=O) groups excluding carboxylic acids is 1. The zero-order chi connectivity index (χ0) is 17.6. The fourth-order valence-corrected chi connectivity index (χ4v) is 2.68. The summed E-state index contributed by atoms with van der Waals surface area (Å²) in [6, 6.07) is 15.1. The highest BCUT2D eigenvalue weighted by molar-refractivity contribution is 5.90. The number of carbonyl (C=O) groups is 1. The summed E-state index contributed by atoms with van der Waals surface area (Å²) in [5, 5.41) is 0.931. The normalized spacial score (nSPS) is 11.0. The summed E-state index contributed by atoms with van der Waals surface area (Å²) < 4.78 is 10.7. The van der Waals surface area contributed by atoms with E-state index in [1.165, 1.54) is 0 Å². The minimum absolute atomic E-state index is 0.191. The molecule has 0 saturated carbocycles. The molecule has 3 rings (SSSR count). The SMILES string of the molecule is CN(C)CCc1c[nH]c2cccc(OC(=O)OCc3ccccc3)c12. The molecule has 1 N–H and O–H groups in total. The van der Waals surface area contributed by atoms with Crippen LogP contribution in [-0.2, 0) is 17.8 Å². The molecule has 2 aromatic carbocycles. The van der Waals surface area contributed by atoms with Crippen molar-refractivity contribution in [3.05, 3.63) is 65.9 Å². The van der Waals surface area contributed by atoms with E-state index >= 15 is 0 Å². The molecular formula is C20H22N2O3. The summed E-state index contributed by atoms with van der Waals surface area (Å²) >= 11 is 0. The molecule has 0 aliphatic heterocycles. The van der Waals surface area contributed by atoms with Crippen LogP contribution in [-0.4, -0.2) is 36.7 Å². The third-order valence-electron chi connectivity index (χ3n) is 3.97. The van der Waals surface area contributed by atoms with E-state index in [0.717, 1.165) is 35.0 Å². The number of ether oxygens (including phenoxy) is 2. The molecule has 0 aliphatic carbocycles. The number of H-pyrrole nitrogens is 1. The highest BCUT2D eigenvalue weighted by Gasteiger charge is 2.14. The summed E-state index contributed by atoms with van der Waals surface area (Å²) in [6.45, 7) is 1.11. The van der Waals surface area contributed by atoms with E-state index in [9.17, 15) is 4.79 Å². The maximum atomic E-state index is 12.1. The summed E-state index contributed by atoms with van der Waals surface area (Å²) in [4.78, 5) is 17.4. The summed E-state index contributed by atoms with van der Waals surface area (Å²) in [6.07, 6.45) is 2.14. The Morgan fingerprint density at radius 2 is 1.88 bits per heavy atom. The van der Waals surface area contributed by atoms with E-state index in [1.807, 2.05) is 62.8 Å². The molecule has 0 spiro atoms. The zero-order valence-electron chi connectivity index (χ0n) is 14.5. The van der Waals surface area contributed by atoms with Crippen LogP contribution in [0.15, 0.2) is 54.7 Å². The molecule has 5 heteroatoms. The van der Waals surface area contributed by atoms with Crippen molar-refractivity contribution in [1.82, 2.24) is 9.88 Å². The molecule has 0 aliphatic rings. The van der Waals surface area contributed by atoms with Crippen molar-refractivity contribution in [3.63, 3.8) is 0 Å². The highest BCUT2D eigenvalue weighted by Crippen LogP contribution is 2.29. The molecule has 1 aromatic heterocycles. The van der Waals surface area contributed by atoms with Gasteiger partial charge in [0, 0.05) is 23.6 Å². The predicted octanol–water partition coefficient (Wildman–Crippen LogP) is 3.99. The van der Waals surface area contributed by atoms with Crippen LogP contribution >= 0.6 is 0 Å². The first-order valence-corrected chi connectivity index (χ1v) is 8.25. The van der Waals surface area contributed by atoms with Crippen LogP contribution in [0.1, 0.15) is 11.1 Å². The number of benzene rings is 2. The molecular weight excluding hydrogens is 316 g/mol. The lowest BCUT2D eigenvalue weighted by Gasteiger charge is -2.10. The van der Waals surface area contributed by atoms with E-state index in [2.05, 4.69) is 9.88 Å². The average Bonchev–Trinajstić information content (AvgIpc) is 3.03. The van der Waals surface area contributed by atoms with Crippen molar-refractivity contribution < 1.29 is 14.3 Å². The molecule has 0 fully saturated rings. The lowest BCUT2D eigenvalue weighted by atomic mass is 10.1. The number of aromatic nitrogens is 1. The Hall–Kier alpha value is -2.79. The number of fused-ring (bicyclic) bond motifs is 1. The van der Waals surface area contributed by atoms with Gasteiger partial charge in [-0.25, -0.2) is 4.79 Å². The molecule has 1 heterocycles. The van der Waals surface area contributed by atoms with Crippen molar-refractivity contribution in [2.75, 3.05) is 20.6 Å². The maximum Gasteiger partial charge on any atom is 0.514 e. The van der Waals surface area contributed by atoms with Crippen molar-refractivity contribution in [2.24, 2.45) is 0 Å². The Labute approximate surface area is 147 Å². The fourth-order valence-electron chi connectivity index (χ4n) is 2.68. The predicted molar refractivity (Wildman–Crippen MR) is 97.8 cm³/mol. The topological polar surface area (TPSA) is 54.6 Å². The van der Waals surface area contributed by atoms with Crippen LogP contribution in [0.3, 0.4) is 0 Å². The van der Waals surface area contributed by atoms with E-state index in [-0.39, 0.29) is 6.61 Å². The second-order valence-corrected chi connectivity index (χ2v) is 6.17. The van der Waals surface area contributed by atoms with Crippen LogP contribution in [0, 0.1) is 0 Å². The number of nitrogens with one attached hydrogen (secondary N) is 1. The Kier molecular flexibility index (Phi) is 5.36. The Balaban J connectivity index is 1.71. The second kappa shape index (κ2) is 7.85. The first-order chi connectivity index (χ1) is 12.1. The van der Waals surface area contributed by atoms with Crippen LogP contribution in [0.25, 0.3) is 10.9 Å². The Bertz CT molecular complexity index is 841. The summed E-state index contributed by atoms with van der Waals surface area (Å²) in [7, 11) is 4.07. The van der Waals surface area contributed by atoms with Gasteiger partial charge < -0.3 is 19.4 Å².